The van der Waals surface area contributed by atoms with Gasteiger partial charge >= 0.3 is 0 Å². The van der Waals surface area contributed by atoms with Crippen molar-refractivity contribution in [2.75, 3.05) is 13.1 Å². The van der Waals surface area contributed by atoms with Gasteiger partial charge in [-0.05, 0) is 45.2 Å². The van der Waals surface area contributed by atoms with E-state index >= 15 is 0 Å². The SMILES string of the molecule is CCCn1ncnc1CC(O)C1(N2CCCC2)CCCC1. The normalized spacial score (nSPS) is 23.7. The number of likely N-dealkylation sites (tertiary alicyclic amines) is 1. The Bertz CT molecular complexity index is 447. The highest BCUT2D eigenvalue weighted by molar-refractivity contribution is 5.05. The quantitative estimate of drug-likeness (QED) is 0.871. The van der Waals surface area contributed by atoms with E-state index in [1.165, 1.54) is 25.7 Å². The van der Waals surface area contributed by atoms with Gasteiger partial charge in [0.2, 0.25) is 0 Å². The second kappa shape index (κ2) is 6.44. The van der Waals surface area contributed by atoms with Crippen LogP contribution in [0.4, 0.5) is 0 Å². The maximum atomic E-state index is 11.0. The number of nitrogens with zero attached hydrogens (tertiary/aromatic N) is 4. The maximum Gasteiger partial charge on any atom is 0.138 e. The molecule has 0 spiro atoms. The minimum Gasteiger partial charge on any atom is -0.391 e. The molecule has 1 aromatic heterocycles. The Hall–Kier alpha value is -0.940. The molecular weight excluding hydrogens is 264 g/mol. The summed E-state index contributed by atoms with van der Waals surface area (Å²) in [6.07, 6.45) is 10.3. The van der Waals surface area contributed by atoms with Gasteiger partial charge in [0.1, 0.15) is 12.2 Å². The van der Waals surface area contributed by atoms with Crippen molar-refractivity contribution in [2.24, 2.45) is 0 Å². The molecule has 5 heteroatoms. The molecular formula is C16H28N4O. The molecule has 0 aromatic carbocycles. The lowest BCUT2D eigenvalue weighted by atomic mass is 9.86. The number of hydrogen-bond donors (Lipinski definition) is 1. The molecule has 2 aliphatic rings. The Morgan fingerprint density at radius 1 is 1.24 bits per heavy atom. The lowest BCUT2D eigenvalue weighted by Gasteiger charge is -2.42. The van der Waals surface area contributed by atoms with Gasteiger partial charge in [0.05, 0.1) is 6.10 Å². The molecule has 3 rings (SSSR count). The van der Waals surface area contributed by atoms with Crippen molar-refractivity contribution in [3.05, 3.63) is 12.2 Å². The lowest BCUT2D eigenvalue weighted by Crippen LogP contribution is -2.54. The summed E-state index contributed by atoms with van der Waals surface area (Å²) in [5.74, 6) is 0.940. The molecule has 2 fully saturated rings. The highest BCUT2D eigenvalue weighted by Gasteiger charge is 2.46. The minimum atomic E-state index is -0.321. The lowest BCUT2D eigenvalue weighted by molar-refractivity contribution is -0.0186. The van der Waals surface area contributed by atoms with Gasteiger partial charge in [-0.3, -0.25) is 9.58 Å². The molecule has 2 heterocycles. The van der Waals surface area contributed by atoms with E-state index in [-0.39, 0.29) is 11.6 Å². The van der Waals surface area contributed by atoms with Crippen molar-refractivity contribution >= 4 is 0 Å². The van der Waals surface area contributed by atoms with E-state index < -0.39 is 0 Å². The topological polar surface area (TPSA) is 54.2 Å². The van der Waals surface area contributed by atoms with Crippen molar-refractivity contribution in [1.82, 2.24) is 19.7 Å². The second-order valence-corrected chi connectivity index (χ2v) is 6.62. The summed E-state index contributed by atoms with van der Waals surface area (Å²) >= 11 is 0. The van der Waals surface area contributed by atoms with Crippen molar-refractivity contribution in [3.8, 4) is 0 Å². The van der Waals surface area contributed by atoms with Crippen LogP contribution in [0.2, 0.25) is 0 Å². The third-order valence-corrected chi connectivity index (χ3v) is 5.33. The van der Waals surface area contributed by atoms with E-state index in [1.54, 1.807) is 6.33 Å². The fraction of sp³-hybridized carbons (Fsp3) is 0.875. The number of aryl methyl sites for hydroxylation is 1. The fourth-order valence-electron chi connectivity index (χ4n) is 4.22. The van der Waals surface area contributed by atoms with Crippen LogP contribution in [-0.2, 0) is 13.0 Å². The maximum absolute atomic E-state index is 11.0. The van der Waals surface area contributed by atoms with E-state index in [0.717, 1.165) is 44.7 Å². The number of hydrogen-bond acceptors (Lipinski definition) is 4. The molecule has 1 aromatic rings. The number of aromatic nitrogens is 3. The molecule has 1 saturated heterocycles. The molecule has 118 valence electrons. The third-order valence-electron chi connectivity index (χ3n) is 5.33. The van der Waals surface area contributed by atoms with E-state index in [9.17, 15) is 5.11 Å². The first-order valence-electron chi connectivity index (χ1n) is 8.56. The van der Waals surface area contributed by atoms with Gasteiger partial charge < -0.3 is 5.11 Å². The predicted molar refractivity (Wildman–Crippen MR) is 82.0 cm³/mol. The standard InChI is InChI=1S/C16H28N4O/c1-2-9-20-15(17-13-18-20)12-14(21)16(7-3-4-8-16)19-10-5-6-11-19/h13-14,21H,2-12H2,1H3. The Balaban J connectivity index is 1.75. The summed E-state index contributed by atoms with van der Waals surface area (Å²) in [5.41, 5.74) is -0.000501. The van der Waals surface area contributed by atoms with Crippen LogP contribution in [0.15, 0.2) is 6.33 Å². The molecule has 1 atom stereocenters. The van der Waals surface area contributed by atoms with E-state index in [1.807, 2.05) is 4.68 Å². The van der Waals surface area contributed by atoms with Gasteiger partial charge in [-0.25, -0.2) is 4.98 Å². The highest BCUT2D eigenvalue weighted by atomic mass is 16.3. The minimum absolute atomic E-state index is 0.000501. The van der Waals surface area contributed by atoms with Crippen LogP contribution in [0.5, 0.6) is 0 Å². The van der Waals surface area contributed by atoms with Crippen LogP contribution >= 0.6 is 0 Å². The molecule has 0 amide bonds. The Morgan fingerprint density at radius 2 is 1.95 bits per heavy atom. The second-order valence-electron chi connectivity index (χ2n) is 6.62. The number of aliphatic hydroxyl groups is 1. The summed E-state index contributed by atoms with van der Waals surface area (Å²) in [5, 5.41) is 15.3. The predicted octanol–water partition coefficient (Wildman–Crippen LogP) is 2.00. The summed E-state index contributed by atoms with van der Waals surface area (Å²) in [7, 11) is 0. The first-order chi connectivity index (χ1) is 10.3. The fourth-order valence-corrected chi connectivity index (χ4v) is 4.22. The number of rotatable bonds is 6. The molecule has 1 aliphatic carbocycles. The van der Waals surface area contributed by atoms with Crippen LogP contribution in [-0.4, -0.2) is 49.5 Å². The van der Waals surface area contributed by atoms with E-state index in [4.69, 9.17) is 0 Å². The van der Waals surface area contributed by atoms with Gasteiger partial charge in [-0.2, -0.15) is 5.10 Å². The van der Waals surface area contributed by atoms with Crippen LogP contribution < -0.4 is 0 Å². The molecule has 0 bridgehead atoms. The monoisotopic (exact) mass is 292 g/mol. The zero-order valence-electron chi connectivity index (χ0n) is 13.2. The van der Waals surface area contributed by atoms with Crippen LogP contribution in [0.3, 0.4) is 0 Å². The highest BCUT2D eigenvalue weighted by Crippen LogP contribution is 2.40. The van der Waals surface area contributed by atoms with Gasteiger partial charge in [-0.1, -0.05) is 19.8 Å². The van der Waals surface area contributed by atoms with Crippen LogP contribution in [0.25, 0.3) is 0 Å². The summed E-state index contributed by atoms with van der Waals surface area (Å²) in [4.78, 5) is 6.94. The summed E-state index contributed by atoms with van der Waals surface area (Å²) in [6.45, 7) is 5.33. The van der Waals surface area contributed by atoms with E-state index in [2.05, 4.69) is 21.9 Å². The first-order valence-corrected chi connectivity index (χ1v) is 8.56. The van der Waals surface area contributed by atoms with Crippen molar-refractivity contribution in [1.29, 1.82) is 0 Å². The Labute approximate surface area is 127 Å². The van der Waals surface area contributed by atoms with Gasteiger partial charge in [-0.15, -0.1) is 0 Å². The molecule has 1 aliphatic heterocycles. The Morgan fingerprint density at radius 3 is 2.62 bits per heavy atom. The molecule has 1 N–H and O–H groups in total. The van der Waals surface area contributed by atoms with Crippen molar-refractivity contribution in [2.45, 2.75) is 76.5 Å². The van der Waals surface area contributed by atoms with Crippen LogP contribution in [0.1, 0.15) is 57.7 Å². The molecule has 0 radical (unpaired) electrons. The number of aliphatic hydroxyl groups excluding tert-OH is 1. The van der Waals surface area contributed by atoms with Gasteiger partial charge in [0.15, 0.2) is 0 Å². The smallest absolute Gasteiger partial charge is 0.138 e. The first kappa shape index (κ1) is 15.0. The van der Waals surface area contributed by atoms with Gasteiger partial charge in [0.25, 0.3) is 0 Å². The molecule has 5 nitrogen and oxygen atoms in total. The molecule has 1 saturated carbocycles. The zero-order chi connectivity index (χ0) is 14.7. The average Bonchev–Trinajstić information content (AvgIpc) is 3.21. The van der Waals surface area contributed by atoms with Gasteiger partial charge in [0, 0.05) is 18.5 Å². The van der Waals surface area contributed by atoms with Crippen LogP contribution in [0, 0.1) is 0 Å². The zero-order valence-corrected chi connectivity index (χ0v) is 13.2. The Kier molecular flexibility index (Phi) is 4.60. The largest absolute Gasteiger partial charge is 0.391 e. The third kappa shape index (κ3) is 2.86. The summed E-state index contributed by atoms with van der Waals surface area (Å²) in [6, 6.07) is 0. The van der Waals surface area contributed by atoms with Crippen molar-refractivity contribution < 1.29 is 5.11 Å². The molecule has 1 unspecified atom stereocenters. The average molecular weight is 292 g/mol. The summed E-state index contributed by atoms with van der Waals surface area (Å²) < 4.78 is 1.95. The molecule has 21 heavy (non-hydrogen) atoms. The van der Waals surface area contributed by atoms with E-state index in [0.29, 0.717) is 6.42 Å². The van der Waals surface area contributed by atoms with Crippen molar-refractivity contribution in [3.63, 3.8) is 0 Å².